The second-order valence-corrected chi connectivity index (χ2v) is 4.57. The summed E-state index contributed by atoms with van der Waals surface area (Å²) in [6.07, 6.45) is 12.4. The highest BCUT2D eigenvalue weighted by atomic mass is 15.2. The molecule has 2 nitrogen and oxygen atoms in total. The minimum atomic E-state index is 0.128. The zero-order chi connectivity index (χ0) is 10.6. The number of likely N-dealkylation sites (N-methyl/N-ethyl adjacent to an activating group) is 1. The van der Waals surface area contributed by atoms with Gasteiger partial charge in [0.15, 0.2) is 0 Å². The van der Waals surface area contributed by atoms with Crippen LogP contribution in [0.4, 0.5) is 0 Å². The number of hydrogen-bond acceptors (Lipinski definition) is 2. The van der Waals surface area contributed by atoms with Crippen molar-refractivity contribution in [3.63, 3.8) is 0 Å². The zero-order valence-electron chi connectivity index (χ0n) is 9.42. The molecule has 0 aromatic carbocycles. The Labute approximate surface area is 87.8 Å². The summed E-state index contributed by atoms with van der Waals surface area (Å²) in [7, 11) is 4.25. The van der Waals surface area contributed by atoms with E-state index >= 15 is 0 Å². The van der Waals surface area contributed by atoms with E-state index in [-0.39, 0.29) is 11.6 Å². The molecule has 80 valence electrons. The van der Waals surface area contributed by atoms with Gasteiger partial charge in [0.25, 0.3) is 0 Å². The lowest BCUT2D eigenvalue weighted by Gasteiger charge is -2.46. The van der Waals surface area contributed by atoms with Gasteiger partial charge in [-0.25, -0.2) is 0 Å². The monoisotopic (exact) mass is 194 g/mol. The van der Waals surface area contributed by atoms with Crippen molar-refractivity contribution in [2.75, 3.05) is 14.1 Å². The van der Waals surface area contributed by atoms with Gasteiger partial charge in [0.05, 0.1) is 0 Å². The molecule has 1 fully saturated rings. The zero-order valence-corrected chi connectivity index (χ0v) is 9.42. The summed E-state index contributed by atoms with van der Waals surface area (Å²) in [6.45, 7) is 0. The Morgan fingerprint density at radius 2 is 1.93 bits per heavy atom. The van der Waals surface area contributed by atoms with Crippen molar-refractivity contribution in [2.45, 2.75) is 50.1 Å². The molecule has 14 heavy (non-hydrogen) atoms. The quantitative estimate of drug-likeness (QED) is 0.691. The summed E-state index contributed by atoms with van der Waals surface area (Å²) in [5.74, 6) is 2.69. The topological polar surface area (TPSA) is 29.3 Å². The molecule has 2 heteroatoms. The molecule has 0 bridgehead atoms. The molecule has 0 saturated heterocycles. The lowest BCUT2D eigenvalue weighted by Crippen LogP contribution is -2.58. The Balaban J connectivity index is 2.75. The normalized spacial score (nSPS) is 23.1. The highest BCUT2D eigenvalue weighted by Crippen LogP contribution is 2.35. The SMILES string of the molecule is C#CCC(N)C1(N(C)C)CCCCC1. The lowest BCUT2D eigenvalue weighted by molar-refractivity contribution is 0.0732. The van der Waals surface area contributed by atoms with E-state index in [9.17, 15) is 0 Å². The lowest BCUT2D eigenvalue weighted by atomic mass is 9.74. The molecule has 0 aromatic rings. The third kappa shape index (κ3) is 2.10. The number of nitrogens with two attached hydrogens (primary N) is 1. The maximum absolute atomic E-state index is 6.21. The molecule has 1 aliphatic carbocycles. The Morgan fingerprint density at radius 1 is 1.36 bits per heavy atom. The third-order valence-electron chi connectivity index (χ3n) is 3.64. The molecule has 0 aromatic heterocycles. The first-order chi connectivity index (χ1) is 6.63. The van der Waals surface area contributed by atoms with E-state index in [0.717, 1.165) is 0 Å². The van der Waals surface area contributed by atoms with Crippen molar-refractivity contribution in [2.24, 2.45) is 5.73 Å². The van der Waals surface area contributed by atoms with E-state index < -0.39 is 0 Å². The van der Waals surface area contributed by atoms with Crippen LogP contribution in [0, 0.1) is 12.3 Å². The van der Waals surface area contributed by atoms with Crippen molar-refractivity contribution in [1.82, 2.24) is 4.90 Å². The van der Waals surface area contributed by atoms with Gasteiger partial charge in [-0.2, -0.15) is 0 Å². The maximum atomic E-state index is 6.21. The Bertz CT molecular complexity index is 209. The molecular weight excluding hydrogens is 172 g/mol. The van der Waals surface area contributed by atoms with E-state index in [1.165, 1.54) is 32.1 Å². The first-order valence-corrected chi connectivity index (χ1v) is 5.50. The molecule has 1 saturated carbocycles. The van der Waals surface area contributed by atoms with Gasteiger partial charge in [-0.05, 0) is 26.9 Å². The summed E-state index contributed by atoms with van der Waals surface area (Å²) in [4.78, 5) is 2.29. The number of terminal acetylenes is 1. The van der Waals surface area contributed by atoms with Gasteiger partial charge in [-0.15, -0.1) is 12.3 Å². The summed E-state index contributed by atoms with van der Waals surface area (Å²) in [5.41, 5.74) is 6.37. The molecule has 0 heterocycles. The highest BCUT2D eigenvalue weighted by Gasteiger charge is 2.39. The molecule has 0 radical (unpaired) electrons. The molecule has 2 N–H and O–H groups in total. The average molecular weight is 194 g/mol. The van der Waals surface area contributed by atoms with Crippen LogP contribution in [0.3, 0.4) is 0 Å². The fraction of sp³-hybridized carbons (Fsp3) is 0.833. The number of nitrogens with zero attached hydrogens (tertiary/aromatic N) is 1. The van der Waals surface area contributed by atoms with Gasteiger partial charge < -0.3 is 10.6 Å². The molecule has 0 spiro atoms. The van der Waals surface area contributed by atoms with Crippen LogP contribution < -0.4 is 5.73 Å². The first-order valence-electron chi connectivity index (χ1n) is 5.50. The van der Waals surface area contributed by atoms with Gasteiger partial charge in [0.1, 0.15) is 0 Å². The van der Waals surface area contributed by atoms with Gasteiger partial charge in [0, 0.05) is 18.0 Å². The molecule has 1 unspecified atom stereocenters. The van der Waals surface area contributed by atoms with Crippen molar-refractivity contribution >= 4 is 0 Å². The summed E-state index contributed by atoms with van der Waals surface area (Å²) in [6, 6.07) is 0.128. The average Bonchev–Trinajstić information content (AvgIpc) is 2.19. The standard InChI is InChI=1S/C12H22N2/c1-4-8-11(13)12(14(2)3)9-6-5-7-10-12/h1,11H,5-10,13H2,2-3H3. The minimum Gasteiger partial charge on any atom is -0.325 e. The van der Waals surface area contributed by atoms with Crippen LogP contribution in [-0.4, -0.2) is 30.6 Å². The van der Waals surface area contributed by atoms with E-state index in [2.05, 4.69) is 24.9 Å². The van der Waals surface area contributed by atoms with Crippen LogP contribution >= 0.6 is 0 Å². The van der Waals surface area contributed by atoms with Crippen molar-refractivity contribution in [3.8, 4) is 12.3 Å². The van der Waals surface area contributed by atoms with Crippen molar-refractivity contribution < 1.29 is 0 Å². The van der Waals surface area contributed by atoms with Crippen LogP contribution in [0.25, 0.3) is 0 Å². The predicted octanol–water partition coefficient (Wildman–Crippen LogP) is 1.60. The minimum absolute atomic E-state index is 0.128. The predicted molar refractivity (Wildman–Crippen MR) is 60.9 cm³/mol. The highest BCUT2D eigenvalue weighted by molar-refractivity contribution is 5.04. The third-order valence-corrected chi connectivity index (χ3v) is 3.64. The maximum Gasteiger partial charge on any atom is 0.0363 e. The summed E-state index contributed by atoms with van der Waals surface area (Å²) >= 11 is 0. The molecular formula is C12H22N2. The molecule has 1 rings (SSSR count). The molecule has 1 atom stereocenters. The Hall–Kier alpha value is -0.520. The van der Waals surface area contributed by atoms with E-state index in [4.69, 9.17) is 12.2 Å². The fourth-order valence-corrected chi connectivity index (χ4v) is 2.63. The largest absolute Gasteiger partial charge is 0.325 e. The van der Waals surface area contributed by atoms with E-state index in [0.29, 0.717) is 6.42 Å². The van der Waals surface area contributed by atoms with Crippen LogP contribution in [0.5, 0.6) is 0 Å². The molecule has 1 aliphatic rings. The van der Waals surface area contributed by atoms with E-state index in [1.54, 1.807) is 0 Å². The van der Waals surface area contributed by atoms with Crippen LogP contribution in [0.1, 0.15) is 38.5 Å². The fourth-order valence-electron chi connectivity index (χ4n) is 2.63. The molecule has 0 aliphatic heterocycles. The second kappa shape index (κ2) is 4.82. The van der Waals surface area contributed by atoms with Gasteiger partial charge in [-0.3, -0.25) is 0 Å². The number of hydrogen-bond donors (Lipinski definition) is 1. The van der Waals surface area contributed by atoms with Crippen LogP contribution in [0.15, 0.2) is 0 Å². The Kier molecular flexibility index (Phi) is 3.97. The Morgan fingerprint density at radius 3 is 2.36 bits per heavy atom. The van der Waals surface area contributed by atoms with Gasteiger partial charge in [0.2, 0.25) is 0 Å². The van der Waals surface area contributed by atoms with Crippen molar-refractivity contribution in [1.29, 1.82) is 0 Å². The van der Waals surface area contributed by atoms with Crippen LogP contribution in [0.2, 0.25) is 0 Å². The smallest absolute Gasteiger partial charge is 0.0363 e. The summed E-state index contributed by atoms with van der Waals surface area (Å²) in [5, 5.41) is 0. The van der Waals surface area contributed by atoms with Crippen molar-refractivity contribution in [3.05, 3.63) is 0 Å². The molecule has 0 amide bonds. The van der Waals surface area contributed by atoms with Gasteiger partial charge >= 0.3 is 0 Å². The first kappa shape index (κ1) is 11.6. The van der Waals surface area contributed by atoms with E-state index in [1.807, 2.05) is 0 Å². The van der Waals surface area contributed by atoms with Gasteiger partial charge in [-0.1, -0.05) is 19.3 Å². The summed E-state index contributed by atoms with van der Waals surface area (Å²) < 4.78 is 0. The number of rotatable bonds is 3. The second-order valence-electron chi connectivity index (χ2n) is 4.57. The van der Waals surface area contributed by atoms with Crippen LogP contribution in [-0.2, 0) is 0 Å².